The van der Waals surface area contributed by atoms with Crippen LogP contribution in [0, 0.1) is 10.1 Å². The average molecular weight is 429 g/mol. The molecule has 0 radical (unpaired) electrons. The van der Waals surface area contributed by atoms with Gasteiger partial charge in [0.25, 0.3) is 16.8 Å². The summed E-state index contributed by atoms with van der Waals surface area (Å²) in [5, 5.41) is 10.1. The molecule has 154 valence electrons. The fraction of sp³-hybridized carbons (Fsp3) is 0.158. The van der Waals surface area contributed by atoms with Crippen LogP contribution in [0.5, 0.6) is 11.6 Å². The molecule has 0 saturated carbocycles. The lowest BCUT2D eigenvalue weighted by Crippen LogP contribution is -2.42. The van der Waals surface area contributed by atoms with Gasteiger partial charge < -0.3 is 9.47 Å². The first-order valence-corrected chi connectivity index (χ1v) is 9.35. The van der Waals surface area contributed by atoms with Crippen molar-refractivity contribution in [1.29, 1.82) is 0 Å². The second-order valence-electron chi connectivity index (χ2n) is 6.03. The number of methoxy groups -OCH3 is 1. The van der Waals surface area contributed by atoms with E-state index in [4.69, 9.17) is 4.74 Å². The van der Waals surface area contributed by atoms with Crippen molar-refractivity contribution in [3.05, 3.63) is 63.2 Å². The zero-order chi connectivity index (χ0) is 21.8. The van der Waals surface area contributed by atoms with Crippen molar-refractivity contribution in [2.45, 2.75) is 13.0 Å². The number of rotatable bonds is 6. The van der Waals surface area contributed by atoms with Crippen molar-refractivity contribution in [1.82, 2.24) is 9.88 Å². The number of imide groups is 1. The van der Waals surface area contributed by atoms with E-state index in [2.05, 4.69) is 9.72 Å². The van der Waals surface area contributed by atoms with Gasteiger partial charge in [0.15, 0.2) is 0 Å². The fourth-order valence-corrected chi connectivity index (χ4v) is 3.44. The van der Waals surface area contributed by atoms with Gasteiger partial charge in [-0.15, -0.1) is 0 Å². The van der Waals surface area contributed by atoms with E-state index in [0.29, 0.717) is 11.3 Å². The quantitative estimate of drug-likeness (QED) is 0.294. The number of amides is 2. The first-order valence-electron chi connectivity index (χ1n) is 8.53. The minimum absolute atomic E-state index is 0.145. The molecule has 11 heteroatoms. The van der Waals surface area contributed by atoms with Gasteiger partial charge in [0, 0.05) is 12.1 Å². The molecule has 2 heterocycles. The van der Waals surface area contributed by atoms with Gasteiger partial charge in [-0.3, -0.25) is 24.6 Å². The predicted octanol–water partition coefficient (Wildman–Crippen LogP) is 3.38. The molecule has 3 rings (SSSR count). The lowest BCUT2D eigenvalue weighted by atomic mass is 10.2. The molecule has 1 aliphatic heterocycles. The molecule has 2 aromatic rings. The summed E-state index contributed by atoms with van der Waals surface area (Å²) in [6, 6.07) is 8.22. The Kier molecular flexibility index (Phi) is 6.11. The minimum Gasteiger partial charge on any atom is -0.467 e. The summed E-state index contributed by atoms with van der Waals surface area (Å²) < 4.78 is 10.1. The molecule has 1 fully saturated rings. The zero-order valence-corrected chi connectivity index (χ0v) is 16.6. The van der Waals surface area contributed by atoms with Crippen LogP contribution in [0.2, 0.25) is 0 Å². The number of aromatic nitrogens is 1. The van der Waals surface area contributed by atoms with E-state index in [-0.39, 0.29) is 16.5 Å². The number of esters is 1. The van der Waals surface area contributed by atoms with Crippen molar-refractivity contribution in [3.63, 3.8) is 0 Å². The lowest BCUT2D eigenvalue weighted by molar-refractivity contribution is -0.385. The van der Waals surface area contributed by atoms with Crippen LogP contribution in [0.25, 0.3) is 6.08 Å². The van der Waals surface area contributed by atoms with Crippen LogP contribution >= 0.6 is 11.8 Å². The van der Waals surface area contributed by atoms with Gasteiger partial charge in [-0.25, -0.2) is 9.78 Å². The normalized spacial score (nSPS) is 15.9. The molecule has 1 aromatic carbocycles. The molecule has 1 saturated heterocycles. The van der Waals surface area contributed by atoms with Crippen LogP contribution in [0.4, 0.5) is 10.5 Å². The SMILES string of the molecule is COC(=O)C(C)N1C(=O)SC(=Cc2ccc(Oc3ccc([N+](=O)[O-])cn3)cc2)C1=O. The molecule has 10 nitrogen and oxygen atoms in total. The van der Waals surface area contributed by atoms with E-state index in [1.807, 2.05) is 0 Å². The lowest BCUT2D eigenvalue weighted by Gasteiger charge is -2.18. The van der Waals surface area contributed by atoms with Crippen molar-refractivity contribution < 1.29 is 28.8 Å². The highest BCUT2D eigenvalue weighted by Gasteiger charge is 2.41. The molecular weight excluding hydrogens is 414 g/mol. The summed E-state index contributed by atoms with van der Waals surface area (Å²) in [7, 11) is 1.18. The van der Waals surface area contributed by atoms with Crippen LogP contribution in [-0.2, 0) is 14.3 Å². The van der Waals surface area contributed by atoms with Gasteiger partial charge in [-0.05, 0) is 42.5 Å². The molecule has 2 amide bonds. The molecule has 0 spiro atoms. The molecule has 1 aliphatic rings. The third-order valence-electron chi connectivity index (χ3n) is 4.08. The summed E-state index contributed by atoms with van der Waals surface area (Å²) in [6.45, 7) is 1.42. The van der Waals surface area contributed by atoms with E-state index in [1.165, 1.54) is 32.2 Å². The third-order valence-corrected chi connectivity index (χ3v) is 4.97. The van der Waals surface area contributed by atoms with Crippen LogP contribution in [0.15, 0.2) is 47.5 Å². The predicted molar refractivity (Wildman–Crippen MR) is 107 cm³/mol. The maximum Gasteiger partial charge on any atom is 0.328 e. The zero-order valence-electron chi connectivity index (χ0n) is 15.8. The Bertz CT molecular complexity index is 1040. The van der Waals surface area contributed by atoms with E-state index < -0.39 is 28.1 Å². The molecule has 0 N–H and O–H groups in total. The number of nitrogens with zero attached hydrogens (tertiary/aromatic N) is 3. The van der Waals surface area contributed by atoms with E-state index >= 15 is 0 Å². The van der Waals surface area contributed by atoms with Gasteiger partial charge in [0.2, 0.25) is 5.88 Å². The maximum atomic E-state index is 12.5. The Morgan fingerprint density at radius 2 is 1.93 bits per heavy atom. The van der Waals surface area contributed by atoms with Gasteiger partial charge in [-0.1, -0.05) is 12.1 Å². The Hall–Kier alpha value is -3.73. The number of nitro groups is 1. The molecule has 0 bridgehead atoms. The Balaban J connectivity index is 1.71. The van der Waals surface area contributed by atoms with Crippen LogP contribution in [0.3, 0.4) is 0 Å². The molecular formula is C19H15N3O7S. The average Bonchev–Trinajstić information content (AvgIpc) is 3.01. The summed E-state index contributed by atoms with van der Waals surface area (Å²) >= 11 is 0.738. The smallest absolute Gasteiger partial charge is 0.328 e. The number of pyridine rings is 1. The highest BCUT2D eigenvalue weighted by molar-refractivity contribution is 8.18. The van der Waals surface area contributed by atoms with Crippen molar-refractivity contribution in [3.8, 4) is 11.6 Å². The van der Waals surface area contributed by atoms with Crippen LogP contribution in [-0.4, -0.2) is 45.1 Å². The monoisotopic (exact) mass is 429 g/mol. The number of carbonyl (C=O) groups excluding carboxylic acids is 3. The highest BCUT2D eigenvalue weighted by atomic mass is 32.2. The van der Waals surface area contributed by atoms with Crippen LogP contribution < -0.4 is 4.74 Å². The van der Waals surface area contributed by atoms with E-state index in [9.17, 15) is 24.5 Å². The number of carbonyl (C=O) groups is 3. The largest absolute Gasteiger partial charge is 0.467 e. The second-order valence-corrected chi connectivity index (χ2v) is 7.03. The topological polar surface area (TPSA) is 129 Å². The maximum absolute atomic E-state index is 12.5. The third kappa shape index (κ3) is 4.46. The molecule has 0 aliphatic carbocycles. The van der Waals surface area contributed by atoms with Gasteiger partial charge in [0.1, 0.15) is 18.0 Å². The molecule has 1 atom stereocenters. The summed E-state index contributed by atoms with van der Waals surface area (Å²) in [6.07, 6.45) is 2.62. The molecule has 1 unspecified atom stereocenters. The van der Waals surface area contributed by atoms with Crippen molar-refractivity contribution >= 4 is 40.6 Å². The highest BCUT2D eigenvalue weighted by Crippen LogP contribution is 2.34. The number of benzene rings is 1. The second kappa shape index (κ2) is 8.74. The standard InChI is InChI=1S/C19H15N3O7S/c1-11(18(24)28-2)21-17(23)15(30-19(21)25)9-12-3-6-14(7-4-12)29-16-8-5-13(10-20-16)22(26)27/h3-11H,1-2H3. The number of thioether (sulfide) groups is 1. The molecule has 30 heavy (non-hydrogen) atoms. The first-order chi connectivity index (χ1) is 14.3. The van der Waals surface area contributed by atoms with Gasteiger partial charge in [0.05, 0.1) is 16.9 Å². The molecule has 1 aromatic heterocycles. The van der Waals surface area contributed by atoms with E-state index in [0.717, 1.165) is 22.9 Å². The van der Waals surface area contributed by atoms with Gasteiger partial charge in [-0.2, -0.15) is 0 Å². The fourth-order valence-electron chi connectivity index (χ4n) is 2.53. The Morgan fingerprint density at radius 3 is 2.50 bits per heavy atom. The summed E-state index contributed by atoms with van der Waals surface area (Å²) in [4.78, 5) is 51.3. The van der Waals surface area contributed by atoms with Gasteiger partial charge >= 0.3 is 5.97 Å². The van der Waals surface area contributed by atoms with E-state index in [1.54, 1.807) is 24.3 Å². The Labute approximate surface area is 174 Å². The van der Waals surface area contributed by atoms with Crippen LogP contribution in [0.1, 0.15) is 12.5 Å². The first kappa shape index (κ1) is 21.0. The van der Waals surface area contributed by atoms with Crippen molar-refractivity contribution in [2.75, 3.05) is 7.11 Å². The van der Waals surface area contributed by atoms with Crippen molar-refractivity contribution in [2.24, 2.45) is 0 Å². The number of hydrogen-bond donors (Lipinski definition) is 0. The summed E-state index contributed by atoms with van der Waals surface area (Å²) in [5.74, 6) is -0.634. The number of ether oxygens (including phenoxy) is 2. The minimum atomic E-state index is -1.02. The number of hydrogen-bond acceptors (Lipinski definition) is 9. The summed E-state index contributed by atoms with van der Waals surface area (Å²) in [5.41, 5.74) is 0.489. The Morgan fingerprint density at radius 1 is 1.23 bits per heavy atom.